The molecule has 1 saturated heterocycles. The highest BCUT2D eigenvalue weighted by molar-refractivity contribution is 5.98. The Morgan fingerprint density at radius 1 is 1.00 bits per heavy atom. The van der Waals surface area contributed by atoms with Crippen molar-refractivity contribution in [2.24, 2.45) is 11.7 Å². The molecule has 1 aliphatic rings. The number of carbonyl (C=O) groups is 2. The molecule has 0 bridgehead atoms. The third-order valence-corrected chi connectivity index (χ3v) is 5.60. The van der Waals surface area contributed by atoms with Crippen LogP contribution in [0.3, 0.4) is 0 Å². The maximum atomic E-state index is 12.7. The van der Waals surface area contributed by atoms with Crippen LogP contribution in [0.2, 0.25) is 0 Å². The molecule has 0 unspecified atom stereocenters. The number of Topliss-reactive ketones (excluding diaryl/α,β-unsaturated/α-hetero) is 1. The van der Waals surface area contributed by atoms with Crippen LogP contribution < -0.4 is 15.2 Å². The largest absolute Gasteiger partial charge is 0.493 e. The number of likely N-dealkylation sites (tertiary alicyclic amines) is 1. The van der Waals surface area contributed by atoms with Crippen LogP contribution in [0.1, 0.15) is 34.7 Å². The number of hydrogen-bond acceptors (Lipinski definition) is 5. The van der Waals surface area contributed by atoms with Crippen molar-refractivity contribution in [2.75, 3.05) is 33.9 Å². The Bertz CT molecular complexity index is 860. The number of amides is 1. The van der Waals surface area contributed by atoms with Crippen molar-refractivity contribution >= 4 is 24.1 Å². The van der Waals surface area contributed by atoms with E-state index in [2.05, 4.69) is 12.1 Å². The van der Waals surface area contributed by atoms with Gasteiger partial charge in [0.1, 0.15) is 0 Å². The first-order valence-electron chi connectivity index (χ1n) is 9.85. The minimum atomic E-state index is -0.0894. The van der Waals surface area contributed by atoms with Gasteiger partial charge >= 0.3 is 0 Å². The lowest BCUT2D eigenvalue weighted by molar-refractivity contribution is -0.130. The van der Waals surface area contributed by atoms with E-state index in [9.17, 15) is 9.59 Å². The third-order valence-electron chi connectivity index (χ3n) is 5.60. The van der Waals surface area contributed by atoms with Gasteiger partial charge < -0.3 is 20.1 Å². The summed E-state index contributed by atoms with van der Waals surface area (Å²) in [5.74, 6) is 1.46. The predicted molar refractivity (Wildman–Crippen MR) is 119 cm³/mol. The number of nitrogens with two attached hydrogens (primary N) is 1. The fraction of sp³-hybridized carbons (Fsp3) is 0.391. The lowest BCUT2D eigenvalue weighted by Crippen LogP contribution is -2.30. The Labute approximate surface area is 183 Å². The highest BCUT2D eigenvalue weighted by atomic mass is 35.5. The van der Waals surface area contributed by atoms with E-state index in [-0.39, 0.29) is 48.8 Å². The normalized spacial score (nSPS) is 17.9. The summed E-state index contributed by atoms with van der Waals surface area (Å²) in [6, 6.07) is 15.2. The molecule has 0 spiro atoms. The monoisotopic (exact) mass is 432 g/mol. The van der Waals surface area contributed by atoms with E-state index in [1.54, 1.807) is 25.3 Å². The topological polar surface area (TPSA) is 81.9 Å². The van der Waals surface area contributed by atoms with Crippen LogP contribution in [0, 0.1) is 5.92 Å². The zero-order valence-corrected chi connectivity index (χ0v) is 18.2. The molecule has 2 aromatic rings. The van der Waals surface area contributed by atoms with Gasteiger partial charge in [0.15, 0.2) is 17.3 Å². The van der Waals surface area contributed by atoms with Gasteiger partial charge in [-0.1, -0.05) is 30.3 Å². The Hall–Kier alpha value is -2.57. The van der Waals surface area contributed by atoms with E-state index in [1.165, 1.54) is 12.7 Å². The van der Waals surface area contributed by atoms with E-state index in [0.717, 1.165) is 0 Å². The fourth-order valence-corrected chi connectivity index (χ4v) is 3.92. The molecule has 0 aliphatic carbocycles. The van der Waals surface area contributed by atoms with Crippen molar-refractivity contribution in [1.29, 1.82) is 0 Å². The summed E-state index contributed by atoms with van der Waals surface area (Å²) in [6.07, 6.45) is 0.347. The summed E-state index contributed by atoms with van der Waals surface area (Å²) in [5.41, 5.74) is 7.68. The molecule has 0 radical (unpaired) electrons. The number of benzene rings is 2. The molecule has 2 aromatic carbocycles. The minimum Gasteiger partial charge on any atom is -0.493 e. The van der Waals surface area contributed by atoms with Gasteiger partial charge in [0.05, 0.1) is 14.2 Å². The average Bonchev–Trinajstić information content (AvgIpc) is 3.22. The van der Waals surface area contributed by atoms with Crippen LogP contribution in [0.25, 0.3) is 0 Å². The molecule has 162 valence electrons. The Kier molecular flexibility index (Phi) is 8.69. The number of ketones is 1. The molecule has 0 saturated carbocycles. The second-order valence-corrected chi connectivity index (χ2v) is 7.30. The molecule has 0 aromatic heterocycles. The van der Waals surface area contributed by atoms with Crippen LogP contribution >= 0.6 is 12.4 Å². The minimum absolute atomic E-state index is 0. The molecule has 1 heterocycles. The van der Waals surface area contributed by atoms with Gasteiger partial charge in [-0.05, 0) is 36.2 Å². The first-order chi connectivity index (χ1) is 14.1. The SMILES string of the molecule is COc1ccc(C(=O)CCC(=O)N2C[C@@H](CN)[C@H](c3ccccc3)C2)cc1OC.Cl. The van der Waals surface area contributed by atoms with Crippen molar-refractivity contribution in [3.05, 3.63) is 59.7 Å². The molecule has 1 aliphatic heterocycles. The summed E-state index contributed by atoms with van der Waals surface area (Å²) in [7, 11) is 3.07. The molecule has 6 nitrogen and oxygen atoms in total. The zero-order chi connectivity index (χ0) is 20.8. The van der Waals surface area contributed by atoms with E-state index in [1.807, 2.05) is 23.1 Å². The standard InChI is InChI=1S/C23H28N2O4.ClH/c1-28-21-10-8-17(12-22(21)29-2)20(26)9-11-23(27)25-14-18(13-24)19(15-25)16-6-4-3-5-7-16;/h3-8,10,12,18-19H,9,11,13-15,24H2,1-2H3;1H/t18-,19+;/m1./s1. The number of methoxy groups -OCH3 is 2. The van der Waals surface area contributed by atoms with Crippen molar-refractivity contribution in [3.8, 4) is 11.5 Å². The van der Waals surface area contributed by atoms with E-state index in [0.29, 0.717) is 36.7 Å². The van der Waals surface area contributed by atoms with Crippen molar-refractivity contribution in [2.45, 2.75) is 18.8 Å². The van der Waals surface area contributed by atoms with Gasteiger partial charge in [0.2, 0.25) is 5.91 Å². The van der Waals surface area contributed by atoms with Crippen LogP contribution in [-0.2, 0) is 4.79 Å². The smallest absolute Gasteiger partial charge is 0.223 e. The molecule has 1 amide bonds. The molecule has 30 heavy (non-hydrogen) atoms. The predicted octanol–water partition coefficient (Wildman–Crippen LogP) is 3.29. The highest BCUT2D eigenvalue weighted by Gasteiger charge is 2.35. The van der Waals surface area contributed by atoms with Gasteiger partial charge in [-0.25, -0.2) is 0 Å². The second-order valence-electron chi connectivity index (χ2n) is 7.30. The maximum absolute atomic E-state index is 12.7. The van der Waals surface area contributed by atoms with Crippen LogP contribution in [-0.4, -0.2) is 50.4 Å². The number of halogens is 1. The van der Waals surface area contributed by atoms with Gasteiger partial charge in [-0.3, -0.25) is 9.59 Å². The summed E-state index contributed by atoms with van der Waals surface area (Å²) < 4.78 is 10.4. The van der Waals surface area contributed by atoms with Crippen LogP contribution in [0.4, 0.5) is 0 Å². The van der Waals surface area contributed by atoms with Crippen LogP contribution in [0.15, 0.2) is 48.5 Å². The summed E-state index contributed by atoms with van der Waals surface area (Å²) in [5, 5.41) is 0. The quantitative estimate of drug-likeness (QED) is 0.647. The Morgan fingerprint density at radius 2 is 1.70 bits per heavy atom. The van der Waals surface area contributed by atoms with Gasteiger partial charge in [-0.15, -0.1) is 12.4 Å². The Balaban J connectivity index is 0.00000320. The van der Waals surface area contributed by atoms with Crippen LogP contribution in [0.5, 0.6) is 11.5 Å². The van der Waals surface area contributed by atoms with Crippen molar-refractivity contribution in [3.63, 3.8) is 0 Å². The molecule has 2 atom stereocenters. The van der Waals surface area contributed by atoms with Crippen molar-refractivity contribution < 1.29 is 19.1 Å². The molecular weight excluding hydrogens is 404 g/mol. The lowest BCUT2D eigenvalue weighted by Gasteiger charge is -2.17. The summed E-state index contributed by atoms with van der Waals surface area (Å²) >= 11 is 0. The van der Waals surface area contributed by atoms with E-state index < -0.39 is 0 Å². The molecule has 2 N–H and O–H groups in total. The molecular formula is C23H29ClN2O4. The Morgan fingerprint density at radius 3 is 2.33 bits per heavy atom. The maximum Gasteiger partial charge on any atom is 0.223 e. The van der Waals surface area contributed by atoms with E-state index >= 15 is 0 Å². The first kappa shape index (κ1) is 23.7. The highest BCUT2D eigenvalue weighted by Crippen LogP contribution is 2.32. The van der Waals surface area contributed by atoms with Crippen molar-refractivity contribution in [1.82, 2.24) is 4.90 Å². The van der Waals surface area contributed by atoms with Gasteiger partial charge in [0, 0.05) is 37.4 Å². The molecule has 3 rings (SSSR count). The summed E-state index contributed by atoms with van der Waals surface area (Å²) in [6.45, 7) is 1.82. The number of carbonyl (C=O) groups excluding carboxylic acids is 2. The first-order valence-corrected chi connectivity index (χ1v) is 9.85. The number of rotatable bonds is 8. The van der Waals surface area contributed by atoms with E-state index in [4.69, 9.17) is 15.2 Å². The second kappa shape index (κ2) is 11.0. The number of hydrogen-bond donors (Lipinski definition) is 1. The number of ether oxygens (including phenoxy) is 2. The lowest BCUT2D eigenvalue weighted by atomic mass is 9.89. The average molecular weight is 433 g/mol. The molecule has 7 heteroatoms. The zero-order valence-electron chi connectivity index (χ0n) is 17.4. The summed E-state index contributed by atoms with van der Waals surface area (Å²) in [4.78, 5) is 27.1. The van der Waals surface area contributed by atoms with Gasteiger partial charge in [0.25, 0.3) is 0 Å². The molecule has 1 fully saturated rings. The fourth-order valence-electron chi connectivity index (χ4n) is 3.92. The third kappa shape index (κ3) is 5.32. The van der Waals surface area contributed by atoms with Gasteiger partial charge in [-0.2, -0.15) is 0 Å². The number of nitrogens with zero attached hydrogens (tertiary/aromatic N) is 1.